The second-order valence-electron chi connectivity index (χ2n) is 7.41. The van der Waals surface area contributed by atoms with Crippen LogP contribution in [0, 0.1) is 27.7 Å². The second kappa shape index (κ2) is 5.23. The van der Waals surface area contributed by atoms with Gasteiger partial charge in [-0.05, 0) is 69.9 Å². The molecule has 2 heteroatoms. The van der Waals surface area contributed by atoms with Gasteiger partial charge in [-0.25, -0.2) is 0 Å². The van der Waals surface area contributed by atoms with E-state index in [1.807, 2.05) is 18.7 Å². The molecule has 0 aliphatic carbocycles. The minimum Gasteiger partial charge on any atom is -0.307 e. The van der Waals surface area contributed by atoms with E-state index >= 15 is 0 Å². The highest BCUT2D eigenvalue weighted by Crippen LogP contribution is 2.43. The summed E-state index contributed by atoms with van der Waals surface area (Å²) in [7, 11) is 0. The number of carbonyl (C=O) groups is 1. The Kier molecular flexibility index (Phi) is 3.59. The second-order valence-corrected chi connectivity index (χ2v) is 7.41. The summed E-state index contributed by atoms with van der Waals surface area (Å²) in [5.74, 6) is 0.192. The van der Waals surface area contributed by atoms with Gasteiger partial charge in [0.2, 0.25) is 5.91 Å². The maximum absolute atomic E-state index is 13.0. The molecule has 0 bridgehead atoms. The summed E-state index contributed by atoms with van der Waals surface area (Å²) in [6.07, 6.45) is 0. The minimum atomic E-state index is -0.451. The van der Waals surface area contributed by atoms with E-state index < -0.39 is 5.41 Å². The summed E-state index contributed by atoms with van der Waals surface area (Å²) >= 11 is 0. The van der Waals surface area contributed by atoms with Gasteiger partial charge < -0.3 is 4.90 Å². The van der Waals surface area contributed by atoms with Gasteiger partial charge in [-0.1, -0.05) is 35.4 Å². The topological polar surface area (TPSA) is 20.3 Å². The van der Waals surface area contributed by atoms with Gasteiger partial charge in [0.1, 0.15) is 0 Å². The fourth-order valence-electron chi connectivity index (χ4n) is 3.72. The lowest BCUT2D eigenvalue weighted by Crippen LogP contribution is -2.36. The van der Waals surface area contributed by atoms with Crippen molar-refractivity contribution in [2.45, 2.75) is 53.5 Å². The third kappa shape index (κ3) is 2.46. The van der Waals surface area contributed by atoms with Gasteiger partial charge in [0.25, 0.3) is 0 Å². The molecule has 0 saturated carbocycles. The molecular weight excluding hydrogens is 282 g/mol. The molecule has 1 amide bonds. The molecule has 2 aromatic carbocycles. The van der Waals surface area contributed by atoms with E-state index in [2.05, 4.69) is 58.0 Å². The Morgan fingerprint density at radius 2 is 1.52 bits per heavy atom. The van der Waals surface area contributed by atoms with Gasteiger partial charge >= 0.3 is 0 Å². The highest BCUT2D eigenvalue weighted by Gasteiger charge is 2.43. The summed E-state index contributed by atoms with van der Waals surface area (Å²) in [6, 6.07) is 10.7. The molecular formula is C21H25NO. The van der Waals surface area contributed by atoms with Crippen molar-refractivity contribution in [2.75, 3.05) is 4.90 Å². The molecule has 1 aliphatic rings. The fraction of sp³-hybridized carbons (Fsp3) is 0.381. The normalized spacial score (nSPS) is 15.9. The largest absolute Gasteiger partial charge is 0.307 e. The van der Waals surface area contributed by atoms with Crippen molar-refractivity contribution in [1.29, 1.82) is 0 Å². The zero-order chi connectivity index (χ0) is 16.9. The average Bonchev–Trinajstić information content (AvgIpc) is 2.63. The number of aryl methyl sites for hydroxylation is 4. The van der Waals surface area contributed by atoms with Crippen molar-refractivity contribution < 1.29 is 4.79 Å². The first-order valence-corrected chi connectivity index (χ1v) is 8.21. The number of anilines is 1. The van der Waals surface area contributed by atoms with E-state index in [4.69, 9.17) is 0 Å². The number of hydrogen-bond acceptors (Lipinski definition) is 1. The van der Waals surface area contributed by atoms with Crippen molar-refractivity contribution in [1.82, 2.24) is 0 Å². The quantitative estimate of drug-likeness (QED) is 0.784. The van der Waals surface area contributed by atoms with Crippen molar-refractivity contribution in [2.24, 2.45) is 0 Å². The van der Waals surface area contributed by atoms with Gasteiger partial charge in [0, 0.05) is 5.69 Å². The molecule has 0 unspecified atom stereocenters. The third-order valence-electron chi connectivity index (χ3n) is 5.05. The van der Waals surface area contributed by atoms with Gasteiger partial charge in [0.15, 0.2) is 0 Å². The van der Waals surface area contributed by atoms with Crippen LogP contribution in [0.15, 0.2) is 30.3 Å². The Balaban J connectivity index is 2.08. The SMILES string of the molecule is Cc1cc(C)c(CN2C(=O)C(C)(C)c3cc(C)ccc32)c(C)c1. The van der Waals surface area contributed by atoms with Crippen LogP contribution >= 0.6 is 0 Å². The molecule has 0 atom stereocenters. The molecule has 0 radical (unpaired) electrons. The van der Waals surface area contributed by atoms with Crippen LogP contribution in [0.1, 0.15) is 47.2 Å². The molecule has 0 saturated heterocycles. The monoisotopic (exact) mass is 307 g/mol. The molecule has 0 aromatic heterocycles. The number of amides is 1. The predicted molar refractivity (Wildman–Crippen MR) is 96.0 cm³/mol. The Bertz CT molecular complexity index is 778. The van der Waals surface area contributed by atoms with Crippen molar-refractivity contribution >= 4 is 11.6 Å². The number of rotatable bonds is 2. The first-order chi connectivity index (χ1) is 10.7. The molecule has 1 aliphatic heterocycles. The van der Waals surface area contributed by atoms with Crippen molar-refractivity contribution in [3.05, 3.63) is 63.7 Å². The molecule has 1 heterocycles. The number of nitrogens with zero attached hydrogens (tertiary/aromatic N) is 1. The van der Waals surface area contributed by atoms with Crippen molar-refractivity contribution in [3.8, 4) is 0 Å². The summed E-state index contributed by atoms with van der Waals surface area (Å²) in [4.78, 5) is 15.0. The van der Waals surface area contributed by atoms with Crippen LogP contribution in [0.2, 0.25) is 0 Å². The van der Waals surface area contributed by atoms with Crippen LogP contribution in [0.3, 0.4) is 0 Å². The molecule has 120 valence electrons. The van der Waals surface area contributed by atoms with Gasteiger partial charge in [0.05, 0.1) is 12.0 Å². The van der Waals surface area contributed by atoms with Gasteiger partial charge in [-0.2, -0.15) is 0 Å². The number of hydrogen-bond donors (Lipinski definition) is 0. The van der Waals surface area contributed by atoms with Crippen LogP contribution in [0.25, 0.3) is 0 Å². The summed E-state index contributed by atoms with van der Waals surface area (Å²) in [5, 5.41) is 0. The molecule has 23 heavy (non-hydrogen) atoms. The molecule has 2 nitrogen and oxygen atoms in total. The third-order valence-corrected chi connectivity index (χ3v) is 5.05. The standard InChI is InChI=1S/C21H25NO/c1-13-7-8-19-18(11-13)21(5,6)20(23)22(19)12-17-15(3)9-14(2)10-16(17)4/h7-11H,12H2,1-6H3. The smallest absolute Gasteiger partial charge is 0.237 e. The highest BCUT2D eigenvalue weighted by molar-refractivity contribution is 6.07. The van der Waals surface area contributed by atoms with Crippen LogP contribution in [-0.2, 0) is 16.8 Å². The number of carbonyl (C=O) groups excluding carboxylic acids is 1. The zero-order valence-electron chi connectivity index (χ0n) is 14.9. The van der Waals surface area contributed by atoms with Crippen LogP contribution < -0.4 is 4.90 Å². The maximum atomic E-state index is 13.0. The van der Waals surface area contributed by atoms with E-state index in [-0.39, 0.29) is 5.91 Å². The molecule has 2 aromatic rings. The van der Waals surface area contributed by atoms with Gasteiger partial charge in [-0.15, -0.1) is 0 Å². The van der Waals surface area contributed by atoms with Gasteiger partial charge in [-0.3, -0.25) is 4.79 Å². The average molecular weight is 307 g/mol. The minimum absolute atomic E-state index is 0.192. The van der Waals surface area contributed by atoms with E-state index in [0.29, 0.717) is 6.54 Å². The lowest BCUT2D eigenvalue weighted by molar-refractivity contribution is -0.122. The maximum Gasteiger partial charge on any atom is 0.237 e. The Labute approximate surface area is 139 Å². The lowest BCUT2D eigenvalue weighted by atomic mass is 9.85. The summed E-state index contributed by atoms with van der Waals surface area (Å²) in [6.45, 7) is 13.2. The number of fused-ring (bicyclic) bond motifs is 1. The highest BCUT2D eigenvalue weighted by atomic mass is 16.2. The molecule has 0 fully saturated rings. The molecule has 3 rings (SSSR count). The summed E-state index contributed by atoms with van der Waals surface area (Å²) in [5.41, 5.74) is 8.00. The zero-order valence-corrected chi connectivity index (χ0v) is 14.9. The van der Waals surface area contributed by atoms with Crippen molar-refractivity contribution in [3.63, 3.8) is 0 Å². The molecule has 0 N–H and O–H groups in total. The predicted octanol–water partition coefficient (Wildman–Crippen LogP) is 4.74. The van der Waals surface area contributed by atoms with E-state index in [9.17, 15) is 4.79 Å². The van der Waals surface area contributed by atoms with E-state index in [1.54, 1.807) is 0 Å². The van der Waals surface area contributed by atoms with E-state index in [1.165, 1.54) is 27.8 Å². The Morgan fingerprint density at radius 3 is 2.13 bits per heavy atom. The summed E-state index contributed by atoms with van der Waals surface area (Å²) < 4.78 is 0. The lowest BCUT2D eigenvalue weighted by Gasteiger charge is -2.23. The Morgan fingerprint density at radius 1 is 0.913 bits per heavy atom. The first-order valence-electron chi connectivity index (χ1n) is 8.21. The first kappa shape index (κ1) is 15.8. The van der Waals surface area contributed by atoms with Crippen LogP contribution in [0.4, 0.5) is 5.69 Å². The number of benzene rings is 2. The fourth-order valence-corrected chi connectivity index (χ4v) is 3.72. The Hall–Kier alpha value is -2.09. The van der Waals surface area contributed by atoms with Crippen LogP contribution in [-0.4, -0.2) is 5.91 Å². The van der Waals surface area contributed by atoms with Crippen LogP contribution in [0.5, 0.6) is 0 Å². The molecule has 0 spiro atoms. The van der Waals surface area contributed by atoms with E-state index in [0.717, 1.165) is 11.3 Å².